The molecule has 13 heavy (non-hydrogen) atoms. The molecule has 1 aromatic heterocycles. The van der Waals surface area contributed by atoms with Gasteiger partial charge in [-0.15, -0.1) is 0 Å². The topological polar surface area (TPSA) is 38.0 Å². The van der Waals surface area contributed by atoms with E-state index in [9.17, 15) is 0 Å². The zero-order valence-electron chi connectivity index (χ0n) is 8.82. The molecule has 0 spiro atoms. The Labute approximate surface area is 80.4 Å². The van der Waals surface area contributed by atoms with E-state index in [4.69, 9.17) is 5.11 Å². The Kier molecular flexibility index (Phi) is 7.30. The first-order chi connectivity index (χ1) is 6.33. The first kappa shape index (κ1) is 12.2. The summed E-state index contributed by atoms with van der Waals surface area (Å²) in [5, 5.41) is 12.7. The zero-order chi connectivity index (χ0) is 10.1. The number of aliphatic hydroxyl groups excluding tert-OH is 1. The summed E-state index contributed by atoms with van der Waals surface area (Å²) in [5.74, 6) is 0. The second-order valence-corrected chi connectivity index (χ2v) is 2.65. The van der Waals surface area contributed by atoms with Crippen LogP contribution in [-0.4, -0.2) is 21.5 Å². The molecule has 0 bridgehead atoms. The van der Waals surface area contributed by atoms with Crippen molar-refractivity contribution in [2.75, 3.05) is 6.61 Å². The van der Waals surface area contributed by atoms with Crippen LogP contribution < -0.4 is 0 Å². The van der Waals surface area contributed by atoms with Crippen molar-refractivity contribution in [1.82, 2.24) is 9.78 Å². The summed E-state index contributed by atoms with van der Waals surface area (Å²) in [5.41, 5.74) is 1.05. The smallest absolute Gasteiger partial charge is 0.0593 e. The van der Waals surface area contributed by atoms with E-state index in [0.717, 1.165) is 25.1 Å². The van der Waals surface area contributed by atoms with E-state index in [-0.39, 0.29) is 6.61 Å². The van der Waals surface area contributed by atoms with E-state index in [2.05, 4.69) is 5.10 Å². The molecule has 0 atom stereocenters. The molecule has 0 fully saturated rings. The van der Waals surface area contributed by atoms with Crippen molar-refractivity contribution in [3.05, 3.63) is 18.0 Å². The SMILES string of the molecule is CC.Cc1ccn(CCCCO)n1. The maximum absolute atomic E-state index is 8.52. The molecule has 0 aromatic carbocycles. The van der Waals surface area contributed by atoms with Crippen LogP contribution in [0, 0.1) is 6.92 Å². The number of nitrogens with zero attached hydrogens (tertiary/aromatic N) is 2. The van der Waals surface area contributed by atoms with Gasteiger partial charge in [0, 0.05) is 19.3 Å². The van der Waals surface area contributed by atoms with Crippen molar-refractivity contribution >= 4 is 0 Å². The lowest BCUT2D eigenvalue weighted by Crippen LogP contribution is -1.99. The lowest BCUT2D eigenvalue weighted by molar-refractivity contribution is 0.280. The molecule has 1 N–H and O–H groups in total. The van der Waals surface area contributed by atoms with E-state index in [0.29, 0.717) is 0 Å². The molecule has 3 nitrogen and oxygen atoms in total. The summed E-state index contributed by atoms with van der Waals surface area (Å²) >= 11 is 0. The average molecular weight is 184 g/mol. The van der Waals surface area contributed by atoms with E-state index in [1.165, 1.54) is 0 Å². The van der Waals surface area contributed by atoms with Gasteiger partial charge in [0.15, 0.2) is 0 Å². The van der Waals surface area contributed by atoms with Crippen LogP contribution >= 0.6 is 0 Å². The van der Waals surface area contributed by atoms with Gasteiger partial charge in [0.05, 0.1) is 5.69 Å². The van der Waals surface area contributed by atoms with Gasteiger partial charge < -0.3 is 5.11 Å². The second-order valence-electron chi connectivity index (χ2n) is 2.65. The molecule has 0 saturated carbocycles. The quantitative estimate of drug-likeness (QED) is 0.727. The highest BCUT2D eigenvalue weighted by Gasteiger charge is 1.92. The minimum Gasteiger partial charge on any atom is -0.396 e. The molecule has 0 saturated heterocycles. The van der Waals surface area contributed by atoms with Gasteiger partial charge in [0.1, 0.15) is 0 Å². The Hall–Kier alpha value is -0.830. The first-order valence-corrected chi connectivity index (χ1v) is 4.94. The minimum absolute atomic E-state index is 0.278. The van der Waals surface area contributed by atoms with Gasteiger partial charge in [-0.2, -0.15) is 5.10 Å². The number of aromatic nitrogens is 2. The molecule has 0 unspecified atom stereocenters. The minimum atomic E-state index is 0.278. The molecular weight excluding hydrogens is 164 g/mol. The Morgan fingerprint density at radius 2 is 2.08 bits per heavy atom. The lowest BCUT2D eigenvalue weighted by atomic mass is 10.3. The summed E-state index contributed by atoms with van der Waals surface area (Å²) < 4.78 is 1.91. The van der Waals surface area contributed by atoms with Crippen molar-refractivity contribution in [3.8, 4) is 0 Å². The largest absolute Gasteiger partial charge is 0.396 e. The number of aliphatic hydroxyl groups is 1. The molecule has 1 aromatic rings. The fourth-order valence-electron chi connectivity index (χ4n) is 0.973. The summed E-state index contributed by atoms with van der Waals surface area (Å²) in [4.78, 5) is 0. The predicted molar refractivity (Wildman–Crippen MR) is 54.6 cm³/mol. The van der Waals surface area contributed by atoms with Crippen molar-refractivity contribution in [3.63, 3.8) is 0 Å². The van der Waals surface area contributed by atoms with Crippen LogP contribution in [0.15, 0.2) is 12.3 Å². The van der Waals surface area contributed by atoms with Gasteiger partial charge in [-0.05, 0) is 25.8 Å². The van der Waals surface area contributed by atoms with Gasteiger partial charge in [0.25, 0.3) is 0 Å². The predicted octanol–water partition coefficient (Wildman–Crippen LogP) is 1.99. The Morgan fingerprint density at radius 1 is 1.38 bits per heavy atom. The summed E-state index contributed by atoms with van der Waals surface area (Å²) in [6, 6.07) is 1.99. The maximum atomic E-state index is 8.52. The number of unbranched alkanes of at least 4 members (excludes halogenated alkanes) is 1. The number of hydrogen-bond acceptors (Lipinski definition) is 2. The monoisotopic (exact) mass is 184 g/mol. The van der Waals surface area contributed by atoms with Crippen LogP contribution in [0.1, 0.15) is 32.4 Å². The van der Waals surface area contributed by atoms with Crippen LogP contribution in [-0.2, 0) is 6.54 Å². The lowest BCUT2D eigenvalue weighted by Gasteiger charge is -1.98. The Bertz CT molecular complexity index is 208. The van der Waals surface area contributed by atoms with Crippen molar-refractivity contribution in [2.24, 2.45) is 0 Å². The van der Waals surface area contributed by atoms with Crippen LogP contribution in [0.3, 0.4) is 0 Å². The second kappa shape index (κ2) is 7.80. The molecule has 0 aliphatic rings. The number of aryl methyl sites for hydroxylation is 2. The summed E-state index contributed by atoms with van der Waals surface area (Å²) in [6.45, 7) is 7.16. The molecule has 0 aliphatic carbocycles. The van der Waals surface area contributed by atoms with E-state index in [1.807, 2.05) is 37.7 Å². The van der Waals surface area contributed by atoms with E-state index >= 15 is 0 Å². The maximum Gasteiger partial charge on any atom is 0.0593 e. The Balaban J connectivity index is 0.000000671. The van der Waals surface area contributed by atoms with Gasteiger partial charge in [0.2, 0.25) is 0 Å². The van der Waals surface area contributed by atoms with Gasteiger partial charge in [-0.3, -0.25) is 4.68 Å². The molecular formula is C10H20N2O. The van der Waals surface area contributed by atoms with Crippen LogP contribution in [0.2, 0.25) is 0 Å². The highest BCUT2D eigenvalue weighted by Crippen LogP contribution is 1.96. The van der Waals surface area contributed by atoms with Crippen LogP contribution in [0.25, 0.3) is 0 Å². The van der Waals surface area contributed by atoms with E-state index in [1.54, 1.807) is 0 Å². The van der Waals surface area contributed by atoms with Crippen molar-refractivity contribution < 1.29 is 5.11 Å². The van der Waals surface area contributed by atoms with Crippen molar-refractivity contribution in [1.29, 1.82) is 0 Å². The summed E-state index contributed by atoms with van der Waals surface area (Å²) in [7, 11) is 0. The van der Waals surface area contributed by atoms with E-state index < -0.39 is 0 Å². The number of rotatable bonds is 4. The summed E-state index contributed by atoms with van der Waals surface area (Å²) in [6.07, 6.45) is 3.82. The molecule has 1 heterocycles. The molecule has 0 amide bonds. The van der Waals surface area contributed by atoms with Crippen LogP contribution in [0.4, 0.5) is 0 Å². The average Bonchev–Trinajstić information content (AvgIpc) is 2.56. The van der Waals surface area contributed by atoms with Gasteiger partial charge in [-0.25, -0.2) is 0 Å². The highest BCUT2D eigenvalue weighted by molar-refractivity contribution is 4.94. The molecule has 0 radical (unpaired) electrons. The third kappa shape index (κ3) is 5.42. The van der Waals surface area contributed by atoms with Crippen molar-refractivity contribution in [2.45, 2.75) is 40.2 Å². The molecule has 3 heteroatoms. The van der Waals surface area contributed by atoms with Gasteiger partial charge in [-0.1, -0.05) is 13.8 Å². The third-order valence-corrected chi connectivity index (χ3v) is 1.57. The van der Waals surface area contributed by atoms with Crippen LogP contribution in [0.5, 0.6) is 0 Å². The van der Waals surface area contributed by atoms with Gasteiger partial charge >= 0.3 is 0 Å². The zero-order valence-corrected chi connectivity index (χ0v) is 8.82. The fraction of sp³-hybridized carbons (Fsp3) is 0.700. The fourth-order valence-corrected chi connectivity index (χ4v) is 0.973. The molecule has 1 rings (SSSR count). The third-order valence-electron chi connectivity index (χ3n) is 1.57. The Morgan fingerprint density at radius 3 is 2.54 bits per heavy atom. The number of hydrogen-bond donors (Lipinski definition) is 1. The normalized spacial score (nSPS) is 9.23. The molecule has 76 valence electrons. The highest BCUT2D eigenvalue weighted by atomic mass is 16.2. The first-order valence-electron chi connectivity index (χ1n) is 4.94. The standard InChI is InChI=1S/C8H14N2O.C2H6/c1-8-4-6-10(9-8)5-2-3-7-11;1-2/h4,6,11H,2-3,5,7H2,1H3;1-2H3. The molecule has 0 aliphatic heterocycles.